The fraction of sp³-hybridized carbons (Fsp3) is 0.545. The monoisotopic (exact) mass is 325 g/mol. The number of nitrogens with zero attached hydrogens (tertiary/aromatic N) is 1. The Balaban J connectivity index is 0.00000180. The third-order valence-corrected chi connectivity index (χ3v) is 4.90. The smallest absolute Gasteiger partial charge is 0.242 e. The number of rotatable bonds is 5. The van der Waals surface area contributed by atoms with Crippen molar-refractivity contribution in [3.63, 3.8) is 0 Å². The molecule has 0 amide bonds. The first-order chi connectivity index (χ1) is 8.44. The Morgan fingerprint density at radius 1 is 1.58 bits per heavy atom. The first kappa shape index (κ1) is 16.7. The van der Waals surface area contributed by atoms with E-state index in [9.17, 15) is 8.42 Å². The number of nitrogens with one attached hydrogen (secondary N) is 1. The zero-order valence-corrected chi connectivity index (χ0v) is 12.9. The maximum absolute atomic E-state index is 12.1. The van der Waals surface area contributed by atoms with Gasteiger partial charge in [0.2, 0.25) is 10.0 Å². The standard InChI is InChI=1S/C11H16ClN3O2S.ClH/c1-7-4-9(6-14-11(7)12)18(16,17)15-10(5-13)8-2-3-8;/h4,6,8,10,15H,2-3,5,13H2,1H3;1H. The summed E-state index contributed by atoms with van der Waals surface area (Å²) in [4.78, 5) is 3.98. The highest BCUT2D eigenvalue weighted by molar-refractivity contribution is 7.89. The van der Waals surface area contributed by atoms with Gasteiger partial charge >= 0.3 is 0 Å². The second-order valence-electron chi connectivity index (χ2n) is 4.58. The molecule has 0 bridgehead atoms. The van der Waals surface area contributed by atoms with E-state index in [1.54, 1.807) is 6.92 Å². The number of nitrogens with two attached hydrogens (primary N) is 1. The van der Waals surface area contributed by atoms with E-state index in [1.165, 1.54) is 12.3 Å². The number of sulfonamides is 1. The van der Waals surface area contributed by atoms with Crippen molar-refractivity contribution in [2.75, 3.05) is 6.54 Å². The van der Waals surface area contributed by atoms with Crippen LogP contribution in [0.15, 0.2) is 17.2 Å². The fourth-order valence-corrected chi connectivity index (χ4v) is 3.23. The van der Waals surface area contributed by atoms with Crippen molar-refractivity contribution in [2.24, 2.45) is 11.7 Å². The van der Waals surface area contributed by atoms with Crippen LogP contribution >= 0.6 is 24.0 Å². The van der Waals surface area contributed by atoms with Gasteiger partial charge in [-0.3, -0.25) is 0 Å². The first-order valence-electron chi connectivity index (χ1n) is 5.78. The largest absolute Gasteiger partial charge is 0.329 e. The molecular formula is C11H17Cl2N3O2S. The summed E-state index contributed by atoms with van der Waals surface area (Å²) >= 11 is 5.78. The molecule has 1 aromatic rings. The molecular weight excluding hydrogens is 309 g/mol. The third-order valence-electron chi connectivity index (χ3n) is 3.05. The lowest BCUT2D eigenvalue weighted by Crippen LogP contribution is -2.41. The molecule has 1 aromatic heterocycles. The van der Waals surface area contributed by atoms with E-state index in [1.807, 2.05) is 0 Å². The van der Waals surface area contributed by atoms with Gasteiger partial charge in [0.05, 0.1) is 0 Å². The SMILES string of the molecule is Cc1cc(S(=O)(=O)NC(CN)C2CC2)cnc1Cl.Cl. The van der Waals surface area contributed by atoms with E-state index >= 15 is 0 Å². The summed E-state index contributed by atoms with van der Waals surface area (Å²) in [5.74, 6) is 0.367. The Hall–Kier alpha value is -0.400. The average molecular weight is 326 g/mol. The van der Waals surface area contributed by atoms with Crippen LogP contribution in [0.3, 0.4) is 0 Å². The van der Waals surface area contributed by atoms with E-state index in [2.05, 4.69) is 9.71 Å². The molecule has 1 atom stereocenters. The molecule has 5 nitrogen and oxygen atoms in total. The van der Waals surface area contributed by atoms with Crippen LogP contribution in [0.5, 0.6) is 0 Å². The molecule has 0 aromatic carbocycles. The van der Waals surface area contributed by atoms with Crippen molar-refractivity contribution < 1.29 is 8.42 Å². The lowest BCUT2D eigenvalue weighted by atomic mass is 10.2. The summed E-state index contributed by atoms with van der Waals surface area (Å²) in [7, 11) is -3.57. The van der Waals surface area contributed by atoms with Crippen molar-refractivity contribution in [1.29, 1.82) is 0 Å². The molecule has 1 unspecified atom stereocenters. The minimum Gasteiger partial charge on any atom is -0.329 e. The van der Waals surface area contributed by atoms with E-state index in [0.29, 0.717) is 23.2 Å². The molecule has 1 saturated carbocycles. The predicted octanol–water partition coefficient (Wildman–Crippen LogP) is 1.48. The van der Waals surface area contributed by atoms with Crippen molar-refractivity contribution in [3.8, 4) is 0 Å². The zero-order chi connectivity index (χ0) is 13.3. The Morgan fingerprint density at radius 2 is 2.21 bits per heavy atom. The van der Waals surface area contributed by atoms with Crippen molar-refractivity contribution in [3.05, 3.63) is 23.0 Å². The summed E-state index contributed by atoms with van der Waals surface area (Å²) in [6.45, 7) is 2.03. The molecule has 1 aliphatic rings. The van der Waals surface area contributed by atoms with Gasteiger partial charge in [-0.2, -0.15) is 0 Å². The summed E-state index contributed by atoms with van der Waals surface area (Å²) in [6.07, 6.45) is 3.32. The molecule has 8 heteroatoms. The average Bonchev–Trinajstić information content (AvgIpc) is 3.13. The van der Waals surface area contributed by atoms with Gasteiger partial charge in [0.25, 0.3) is 0 Å². The molecule has 1 heterocycles. The first-order valence-corrected chi connectivity index (χ1v) is 7.64. The molecule has 1 aliphatic carbocycles. The van der Waals surface area contributed by atoms with Crippen LogP contribution < -0.4 is 10.5 Å². The minimum absolute atomic E-state index is 0. The number of aryl methyl sites for hydroxylation is 1. The number of halogens is 2. The zero-order valence-electron chi connectivity index (χ0n) is 10.5. The fourth-order valence-electron chi connectivity index (χ4n) is 1.78. The van der Waals surface area contributed by atoms with Crippen LogP contribution in [0.1, 0.15) is 18.4 Å². The highest BCUT2D eigenvalue weighted by atomic mass is 35.5. The second-order valence-corrected chi connectivity index (χ2v) is 6.65. The summed E-state index contributed by atoms with van der Waals surface area (Å²) in [5, 5.41) is 0.312. The van der Waals surface area contributed by atoms with E-state index in [0.717, 1.165) is 12.8 Å². The van der Waals surface area contributed by atoms with Gasteiger partial charge in [-0.1, -0.05) is 11.6 Å². The van der Waals surface area contributed by atoms with Gasteiger partial charge in [-0.15, -0.1) is 12.4 Å². The molecule has 19 heavy (non-hydrogen) atoms. The van der Waals surface area contributed by atoms with Gasteiger partial charge in [0, 0.05) is 18.8 Å². The highest BCUT2D eigenvalue weighted by Gasteiger charge is 2.33. The second kappa shape index (κ2) is 6.37. The molecule has 108 valence electrons. The maximum Gasteiger partial charge on any atom is 0.242 e. The predicted molar refractivity (Wildman–Crippen MR) is 77.1 cm³/mol. The number of hydrogen-bond donors (Lipinski definition) is 2. The van der Waals surface area contributed by atoms with E-state index in [4.69, 9.17) is 17.3 Å². The lowest BCUT2D eigenvalue weighted by Gasteiger charge is -2.16. The van der Waals surface area contributed by atoms with Crippen LogP contribution in [0.2, 0.25) is 5.15 Å². The quantitative estimate of drug-likeness (QED) is 0.803. The third kappa shape index (κ3) is 4.03. The van der Waals surface area contributed by atoms with Crippen molar-refractivity contribution in [2.45, 2.75) is 30.7 Å². The Morgan fingerprint density at radius 3 is 2.68 bits per heavy atom. The van der Waals surface area contributed by atoms with Gasteiger partial charge in [0.15, 0.2) is 0 Å². The van der Waals surface area contributed by atoms with Crippen LogP contribution in [0.25, 0.3) is 0 Å². The van der Waals surface area contributed by atoms with Gasteiger partial charge in [-0.05, 0) is 37.3 Å². The van der Waals surface area contributed by atoms with Crippen LogP contribution in [0, 0.1) is 12.8 Å². The van der Waals surface area contributed by atoms with Gasteiger partial charge in [-0.25, -0.2) is 18.1 Å². The number of pyridine rings is 1. The molecule has 0 spiro atoms. The number of aromatic nitrogens is 1. The Bertz CT molecular complexity index is 547. The van der Waals surface area contributed by atoms with Crippen molar-refractivity contribution in [1.82, 2.24) is 9.71 Å². The number of hydrogen-bond acceptors (Lipinski definition) is 4. The lowest BCUT2D eigenvalue weighted by molar-refractivity contribution is 0.519. The van der Waals surface area contributed by atoms with Gasteiger partial charge in [0.1, 0.15) is 10.0 Å². The normalized spacial score (nSPS) is 16.8. The maximum atomic E-state index is 12.1. The van der Waals surface area contributed by atoms with Gasteiger partial charge < -0.3 is 5.73 Å². The molecule has 3 N–H and O–H groups in total. The van der Waals surface area contributed by atoms with Crippen molar-refractivity contribution >= 4 is 34.0 Å². The Labute approximate surface area is 124 Å². The summed E-state index contributed by atoms with van der Waals surface area (Å²) < 4.78 is 26.9. The summed E-state index contributed by atoms with van der Waals surface area (Å²) in [6, 6.07) is 1.32. The van der Waals surface area contributed by atoms with Crippen LogP contribution in [0.4, 0.5) is 0 Å². The van der Waals surface area contributed by atoms with E-state index < -0.39 is 10.0 Å². The molecule has 2 rings (SSSR count). The molecule has 0 saturated heterocycles. The topological polar surface area (TPSA) is 85.1 Å². The van der Waals surface area contributed by atoms with Crippen LogP contribution in [-0.4, -0.2) is 26.0 Å². The van der Waals surface area contributed by atoms with E-state index in [-0.39, 0.29) is 23.3 Å². The van der Waals surface area contributed by atoms with Crippen LogP contribution in [-0.2, 0) is 10.0 Å². The Kier molecular flexibility index (Phi) is 5.58. The molecule has 0 radical (unpaired) electrons. The summed E-state index contributed by atoms with van der Waals surface area (Å²) in [5.41, 5.74) is 6.22. The minimum atomic E-state index is -3.57. The molecule has 0 aliphatic heterocycles. The molecule has 1 fully saturated rings. The highest BCUT2D eigenvalue weighted by Crippen LogP contribution is 2.32.